The number of rotatable bonds is 3. The first-order valence-electron chi connectivity index (χ1n) is 9.25. The summed E-state index contributed by atoms with van der Waals surface area (Å²) in [6.45, 7) is 1.24. The third-order valence-corrected chi connectivity index (χ3v) is 5.28. The van der Waals surface area contributed by atoms with Crippen LogP contribution in [0.5, 0.6) is 0 Å². The highest BCUT2D eigenvalue weighted by Gasteiger charge is 2.25. The van der Waals surface area contributed by atoms with Crippen molar-refractivity contribution in [1.82, 2.24) is 9.88 Å². The quantitative estimate of drug-likeness (QED) is 0.762. The molecule has 1 aliphatic carbocycles. The normalized spacial score (nSPS) is 17.0. The molecule has 1 aromatic carbocycles. The zero-order valence-electron chi connectivity index (χ0n) is 14.9. The van der Waals surface area contributed by atoms with Crippen LogP contribution in [0, 0.1) is 5.82 Å². The molecule has 2 heterocycles. The van der Waals surface area contributed by atoms with Crippen molar-refractivity contribution in [2.75, 3.05) is 18.4 Å². The van der Waals surface area contributed by atoms with Gasteiger partial charge in [-0.2, -0.15) is 0 Å². The van der Waals surface area contributed by atoms with Crippen LogP contribution in [-0.2, 0) is 0 Å². The molecule has 27 heavy (non-hydrogen) atoms. The number of nitrogens with one attached hydrogen (secondary N) is 1. The number of carbonyl (C=O) groups excluding carboxylic acids is 1. The molecule has 4 nitrogen and oxygen atoms in total. The van der Waals surface area contributed by atoms with Gasteiger partial charge in [-0.1, -0.05) is 29.3 Å². The van der Waals surface area contributed by atoms with E-state index in [0.717, 1.165) is 29.8 Å². The van der Waals surface area contributed by atoms with E-state index in [9.17, 15) is 9.18 Å². The molecule has 4 rings (SSSR count). The van der Waals surface area contributed by atoms with Crippen LogP contribution >= 0.6 is 11.6 Å². The molecule has 2 fully saturated rings. The number of halogens is 2. The maximum absolute atomic E-state index is 13.9. The highest BCUT2D eigenvalue weighted by molar-refractivity contribution is 6.30. The summed E-state index contributed by atoms with van der Waals surface area (Å²) in [6.07, 6.45) is 7.45. The second-order valence-corrected chi connectivity index (χ2v) is 7.57. The monoisotopic (exact) mass is 385 g/mol. The van der Waals surface area contributed by atoms with Gasteiger partial charge in [0.05, 0.1) is 0 Å². The Bertz CT molecular complexity index is 885. The van der Waals surface area contributed by atoms with Crippen molar-refractivity contribution >= 4 is 29.4 Å². The molecule has 0 bridgehead atoms. The Morgan fingerprint density at radius 1 is 1.22 bits per heavy atom. The average molecular weight is 386 g/mol. The molecule has 1 aliphatic heterocycles. The van der Waals surface area contributed by atoms with E-state index in [0.29, 0.717) is 29.6 Å². The molecule has 0 radical (unpaired) electrons. The third kappa shape index (κ3) is 4.48. The Morgan fingerprint density at radius 2 is 2.00 bits per heavy atom. The van der Waals surface area contributed by atoms with Crippen molar-refractivity contribution in [2.45, 2.75) is 31.6 Å². The summed E-state index contributed by atoms with van der Waals surface area (Å²) >= 11 is 5.79. The van der Waals surface area contributed by atoms with Crippen molar-refractivity contribution in [3.8, 4) is 0 Å². The molecule has 1 aromatic heterocycles. The first-order chi connectivity index (χ1) is 13.1. The van der Waals surface area contributed by atoms with Crippen molar-refractivity contribution in [2.24, 2.45) is 0 Å². The minimum atomic E-state index is -0.320. The van der Waals surface area contributed by atoms with Gasteiger partial charge in [0, 0.05) is 47.2 Å². The molecule has 0 atom stereocenters. The van der Waals surface area contributed by atoms with Crippen molar-refractivity contribution < 1.29 is 9.18 Å². The fourth-order valence-corrected chi connectivity index (χ4v) is 3.47. The van der Waals surface area contributed by atoms with Crippen molar-refractivity contribution in [3.63, 3.8) is 0 Å². The number of hydrogen-bond donors (Lipinski definition) is 1. The number of nitrogens with zero attached hydrogens (tertiary/aromatic N) is 2. The lowest BCUT2D eigenvalue weighted by atomic mass is 10.0. The minimum absolute atomic E-state index is 0.0975. The molecule has 1 saturated carbocycles. The SMILES string of the molecule is O=C(Nc1ccnc(C2CC2)c1)N1CCC(=Cc2ccc(Cl)cc2F)CC1. The lowest BCUT2D eigenvalue weighted by Crippen LogP contribution is -2.39. The summed E-state index contributed by atoms with van der Waals surface area (Å²) in [5.41, 5.74) is 3.53. The van der Waals surface area contributed by atoms with Gasteiger partial charge in [0.25, 0.3) is 0 Å². The summed E-state index contributed by atoms with van der Waals surface area (Å²) in [6, 6.07) is 8.38. The van der Waals surface area contributed by atoms with E-state index >= 15 is 0 Å². The van der Waals surface area contributed by atoms with Crippen molar-refractivity contribution in [3.05, 3.63) is 64.2 Å². The summed E-state index contributed by atoms with van der Waals surface area (Å²) in [4.78, 5) is 18.7. The van der Waals surface area contributed by atoms with Crippen LogP contribution in [-0.4, -0.2) is 29.0 Å². The third-order valence-electron chi connectivity index (χ3n) is 5.04. The predicted octanol–water partition coefficient (Wildman–Crippen LogP) is 5.46. The molecule has 2 aromatic rings. The zero-order valence-corrected chi connectivity index (χ0v) is 15.7. The van der Waals surface area contributed by atoms with E-state index in [4.69, 9.17) is 11.6 Å². The second kappa shape index (κ2) is 7.69. The second-order valence-electron chi connectivity index (χ2n) is 7.13. The first kappa shape index (κ1) is 18.0. The van der Waals surface area contributed by atoms with Crippen LogP contribution in [0.1, 0.15) is 42.9 Å². The fraction of sp³-hybridized carbons (Fsp3) is 0.333. The van der Waals surface area contributed by atoms with E-state index in [1.165, 1.54) is 18.9 Å². The van der Waals surface area contributed by atoms with Gasteiger partial charge in [-0.25, -0.2) is 9.18 Å². The van der Waals surface area contributed by atoms with Gasteiger partial charge < -0.3 is 10.2 Å². The van der Waals surface area contributed by atoms with E-state index < -0.39 is 0 Å². The molecule has 2 aliphatic rings. The number of hydrogen-bond acceptors (Lipinski definition) is 2. The maximum Gasteiger partial charge on any atom is 0.321 e. The molecular weight excluding hydrogens is 365 g/mol. The molecule has 1 N–H and O–H groups in total. The lowest BCUT2D eigenvalue weighted by Gasteiger charge is -2.28. The largest absolute Gasteiger partial charge is 0.324 e. The lowest BCUT2D eigenvalue weighted by molar-refractivity contribution is 0.208. The topological polar surface area (TPSA) is 45.2 Å². The number of benzene rings is 1. The van der Waals surface area contributed by atoms with Gasteiger partial charge in [0.15, 0.2) is 0 Å². The standard InChI is InChI=1S/C21H21ClFN3O/c22-17-4-3-16(19(23)12-17)11-14-6-9-26(10-7-14)21(27)25-18-5-8-24-20(13-18)15-1-2-15/h3-5,8,11-13,15H,1-2,6-7,9-10H2,(H,24,25,27). The Balaban J connectivity index is 1.35. The average Bonchev–Trinajstić information content (AvgIpc) is 3.50. The highest BCUT2D eigenvalue weighted by atomic mass is 35.5. The molecular formula is C21H21ClFN3O. The molecule has 0 spiro atoms. The zero-order chi connectivity index (χ0) is 18.8. The number of pyridine rings is 1. The summed E-state index contributed by atoms with van der Waals surface area (Å²) in [7, 11) is 0. The van der Waals surface area contributed by atoms with Crippen LogP contribution in [0.15, 0.2) is 42.1 Å². The minimum Gasteiger partial charge on any atom is -0.324 e. The number of piperidine rings is 1. The van der Waals surface area contributed by atoms with Crippen molar-refractivity contribution in [1.29, 1.82) is 0 Å². The smallest absolute Gasteiger partial charge is 0.321 e. The predicted molar refractivity (Wildman–Crippen MR) is 105 cm³/mol. The van der Waals surface area contributed by atoms with Gasteiger partial charge in [-0.3, -0.25) is 4.98 Å². The Hall–Kier alpha value is -2.40. The Labute approximate surface area is 163 Å². The Morgan fingerprint density at radius 3 is 2.70 bits per heavy atom. The number of urea groups is 1. The number of aromatic nitrogens is 1. The molecule has 6 heteroatoms. The van der Waals surface area contributed by atoms with Gasteiger partial charge in [0.1, 0.15) is 5.82 Å². The number of carbonyl (C=O) groups is 1. The summed E-state index contributed by atoms with van der Waals surface area (Å²) in [5, 5.41) is 3.36. The van der Waals surface area contributed by atoms with Crippen LogP contribution < -0.4 is 5.32 Å². The van der Waals surface area contributed by atoms with E-state index in [-0.39, 0.29) is 11.8 Å². The fourth-order valence-electron chi connectivity index (χ4n) is 3.31. The maximum atomic E-state index is 13.9. The van der Waals surface area contributed by atoms with Gasteiger partial charge in [0.2, 0.25) is 0 Å². The molecule has 2 amide bonds. The van der Waals surface area contributed by atoms with Crippen LogP contribution in [0.25, 0.3) is 6.08 Å². The van der Waals surface area contributed by atoms with Gasteiger partial charge >= 0.3 is 6.03 Å². The number of amides is 2. The van der Waals surface area contributed by atoms with E-state index in [1.807, 2.05) is 18.2 Å². The number of anilines is 1. The van der Waals surface area contributed by atoms with Gasteiger partial charge in [-0.15, -0.1) is 0 Å². The summed E-state index contributed by atoms with van der Waals surface area (Å²) in [5.74, 6) is 0.233. The van der Waals surface area contributed by atoms with Crippen LogP contribution in [0.3, 0.4) is 0 Å². The van der Waals surface area contributed by atoms with Gasteiger partial charge in [-0.05, 0) is 49.9 Å². The first-order valence-corrected chi connectivity index (χ1v) is 9.62. The van der Waals surface area contributed by atoms with Crippen LogP contribution in [0.2, 0.25) is 5.02 Å². The summed E-state index contributed by atoms with van der Waals surface area (Å²) < 4.78 is 13.9. The van der Waals surface area contributed by atoms with E-state index in [2.05, 4.69) is 10.3 Å². The molecule has 140 valence electrons. The molecule has 0 unspecified atom stereocenters. The number of likely N-dealkylation sites (tertiary alicyclic amines) is 1. The molecule has 1 saturated heterocycles. The van der Waals surface area contributed by atoms with Crippen LogP contribution in [0.4, 0.5) is 14.9 Å². The highest BCUT2D eigenvalue weighted by Crippen LogP contribution is 2.39. The Kier molecular flexibility index (Phi) is 5.12. The van der Waals surface area contributed by atoms with E-state index in [1.54, 1.807) is 23.2 Å².